The van der Waals surface area contributed by atoms with Crippen molar-refractivity contribution < 1.29 is 38.6 Å². The Bertz CT molecular complexity index is 1110. The van der Waals surface area contributed by atoms with Crippen molar-refractivity contribution in [1.29, 1.82) is 0 Å². The number of carbonyl (C=O) groups is 5. The van der Waals surface area contributed by atoms with E-state index >= 15 is 0 Å². The fraction of sp³-hybridized carbons (Fsp3) is 0.861. The molecule has 0 bridgehead atoms. The monoisotopic (exact) mass is 726 g/mol. The number of nitrogens with two attached hydrogens (primary N) is 2. The Hall–Kier alpha value is -2.85. The van der Waals surface area contributed by atoms with Gasteiger partial charge in [-0.05, 0) is 44.4 Å². The fourth-order valence-electron chi connectivity index (χ4n) is 6.78. The highest BCUT2D eigenvalue weighted by atomic mass is 16.5. The minimum Gasteiger partial charge on any atom is -0.389 e. The molecule has 1 aliphatic carbocycles. The van der Waals surface area contributed by atoms with E-state index in [1.165, 1.54) is 4.90 Å². The molecule has 0 aromatic heterocycles. The van der Waals surface area contributed by atoms with Crippen LogP contribution in [0, 0.1) is 17.8 Å². The average Bonchev–Trinajstić information content (AvgIpc) is 3.11. The second kappa shape index (κ2) is 22.9. The average molecular weight is 726 g/mol. The molecule has 2 rings (SSSR count). The maximum absolute atomic E-state index is 14.2. The van der Waals surface area contributed by atoms with Crippen LogP contribution in [0.25, 0.3) is 0 Å². The fourth-order valence-corrected chi connectivity index (χ4v) is 6.78. The minimum atomic E-state index is -1.25. The zero-order chi connectivity index (χ0) is 38.1. The van der Waals surface area contributed by atoms with Crippen LogP contribution in [0.15, 0.2) is 0 Å². The van der Waals surface area contributed by atoms with Crippen LogP contribution in [0.1, 0.15) is 105 Å². The van der Waals surface area contributed by atoms with Gasteiger partial charge in [-0.3, -0.25) is 24.0 Å². The molecule has 294 valence electrons. The molecule has 1 saturated heterocycles. The van der Waals surface area contributed by atoms with Crippen LogP contribution in [0.5, 0.6) is 0 Å². The van der Waals surface area contributed by atoms with Crippen LogP contribution in [0.4, 0.5) is 0 Å². The summed E-state index contributed by atoms with van der Waals surface area (Å²) in [5.74, 6) is -3.43. The number of rotatable bonds is 14. The summed E-state index contributed by atoms with van der Waals surface area (Å²) in [4.78, 5) is 70.9. The lowest BCUT2D eigenvalue weighted by Gasteiger charge is -2.36. The number of nitrogens with one attached hydrogen (secondary N) is 4. The molecule has 1 aliphatic heterocycles. The first-order valence-corrected chi connectivity index (χ1v) is 19.0. The van der Waals surface area contributed by atoms with Gasteiger partial charge in [0.1, 0.15) is 30.4 Å². The minimum absolute atomic E-state index is 0.0575. The highest BCUT2D eigenvalue weighted by Gasteiger charge is 2.39. The van der Waals surface area contributed by atoms with Gasteiger partial charge in [0.05, 0.1) is 31.3 Å². The molecule has 51 heavy (non-hydrogen) atoms. The lowest BCUT2D eigenvalue weighted by molar-refractivity contribution is -0.150. The maximum Gasteiger partial charge on any atom is 0.246 e. The van der Waals surface area contributed by atoms with Gasteiger partial charge in [0.15, 0.2) is 0 Å². The third kappa shape index (κ3) is 14.6. The van der Waals surface area contributed by atoms with Gasteiger partial charge < -0.3 is 52.2 Å². The van der Waals surface area contributed by atoms with Gasteiger partial charge in [0.25, 0.3) is 0 Å². The van der Waals surface area contributed by atoms with Crippen LogP contribution in [0.3, 0.4) is 0 Å². The van der Waals surface area contributed by atoms with Crippen molar-refractivity contribution in [3.8, 4) is 0 Å². The van der Waals surface area contributed by atoms with Crippen LogP contribution in [0.2, 0.25) is 0 Å². The Labute approximate surface area is 304 Å². The van der Waals surface area contributed by atoms with Crippen LogP contribution in [-0.4, -0.2) is 115 Å². The predicted molar refractivity (Wildman–Crippen MR) is 194 cm³/mol. The van der Waals surface area contributed by atoms with Crippen molar-refractivity contribution in [3.63, 3.8) is 0 Å². The number of aliphatic hydroxyl groups is 1. The highest BCUT2D eigenvalue weighted by molar-refractivity contribution is 5.96. The second-order valence-corrected chi connectivity index (χ2v) is 14.7. The van der Waals surface area contributed by atoms with E-state index in [2.05, 4.69) is 28.2 Å². The lowest BCUT2D eigenvalue weighted by atomic mass is 9.83. The number of nitrogens with zero attached hydrogens (tertiary/aromatic N) is 1. The van der Waals surface area contributed by atoms with Crippen molar-refractivity contribution in [3.05, 3.63) is 0 Å². The molecule has 15 nitrogen and oxygen atoms in total. The number of amides is 5. The molecular formula is C36H67N7O8. The first-order valence-electron chi connectivity index (χ1n) is 19.0. The summed E-state index contributed by atoms with van der Waals surface area (Å²) in [6.45, 7) is 8.63. The van der Waals surface area contributed by atoms with Crippen LogP contribution in [-0.2, 0) is 33.4 Å². The van der Waals surface area contributed by atoms with Crippen molar-refractivity contribution in [1.82, 2.24) is 26.2 Å². The number of likely N-dealkylation sites (N-methyl/N-ethyl adjacent to an activating group) is 1. The van der Waals surface area contributed by atoms with Crippen LogP contribution < -0.4 is 32.7 Å². The van der Waals surface area contributed by atoms with Gasteiger partial charge in [-0.1, -0.05) is 72.6 Å². The van der Waals surface area contributed by atoms with E-state index in [1.807, 2.05) is 13.8 Å². The van der Waals surface area contributed by atoms with Crippen LogP contribution >= 0.6 is 0 Å². The van der Waals surface area contributed by atoms with E-state index in [0.29, 0.717) is 25.7 Å². The molecule has 8 atom stereocenters. The van der Waals surface area contributed by atoms with Crippen molar-refractivity contribution in [2.24, 2.45) is 29.2 Å². The van der Waals surface area contributed by atoms with Gasteiger partial charge in [0.2, 0.25) is 29.5 Å². The van der Waals surface area contributed by atoms with E-state index in [1.54, 1.807) is 20.9 Å². The predicted octanol–water partition coefficient (Wildman–Crippen LogP) is 0.657. The quantitative estimate of drug-likeness (QED) is 0.124. The molecular weight excluding hydrogens is 658 g/mol. The van der Waals surface area contributed by atoms with Gasteiger partial charge >= 0.3 is 0 Å². The van der Waals surface area contributed by atoms with Gasteiger partial charge in [0, 0.05) is 20.1 Å². The van der Waals surface area contributed by atoms with Crippen molar-refractivity contribution in [2.45, 2.75) is 148 Å². The third-order valence-corrected chi connectivity index (χ3v) is 9.90. The molecule has 0 aromatic carbocycles. The van der Waals surface area contributed by atoms with Crippen molar-refractivity contribution in [2.75, 3.05) is 33.4 Å². The Balaban J connectivity index is 2.56. The Morgan fingerprint density at radius 1 is 0.882 bits per heavy atom. The molecule has 15 heteroatoms. The summed E-state index contributed by atoms with van der Waals surface area (Å²) >= 11 is 0. The standard InChI is InChI=1S/C36H67N7O8/c1-7-8-9-13-16-30-23(4)36(49)43(6)29(17-22(2)3)34(47)42-31(25-14-11-10-12-15-25)35(48)40-27(19-38)32(45)41-28(21-50-20-26(44)18-37)33(46)39-24(5)51-30/h22-31,44H,7-21,37-38H2,1-6H3,(H,39,46)(H,40,48)(H,41,45)(H,42,47)/t23-,24+,26?,27+,28+,29+,30-,31+/m1/s1. The van der Waals surface area contributed by atoms with E-state index in [9.17, 15) is 29.1 Å². The lowest BCUT2D eigenvalue weighted by Crippen LogP contribution is -2.62. The topological polar surface area (TPSA) is 227 Å². The third-order valence-electron chi connectivity index (χ3n) is 9.90. The number of ether oxygens (including phenoxy) is 2. The summed E-state index contributed by atoms with van der Waals surface area (Å²) in [6.07, 6.45) is 6.49. The number of carbonyl (C=O) groups excluding carboxylic acids is 5. The number of unbranched alkanes of at least 4 members (excludes halogenated alkanes) is 3. The Morgan fingerprint density at radius 2 is 1.53 bits per heavy atom. The molecule has 0 radical (unpaired) electrons. The van der Waals surface area contributed by atoms with Gasteiger partial charge in [-0.15, -0.1) is 0 Å². The molecule has 0 spiro atoms. The normalized spacial score (nSPS) is 29.1. The summed E-state index contributed by atoms with van der Waals surface area (Å²) in [7, 11) is 1.61. The molecule has 9 N–H and O–H groups in total. The Kier molecular flexibility index (Phi) is 19.9. The highest BCUT2D eigenvalue weighted by Crippen LogP contribution is 2.28. The second-order valence-electron chi connectivity index (χ2n) is 14.7. The summed E-state index contributed by atoms with van der Waals surface area (Å²) < 4.78 is 11.9. The van der Waals surface area contributed by atoms with E-state index < -0.39 is 72.1 Å². The SMILES string of the molecule is CCCCCC[C@H]1O[C@@H](C)NC(=O)[C@H](COCC(O)CN)NC(=O)[C@H](CN)NC(=O)[C@H](C2CCCCC2)NC(=O)[C@H](CC(C)C)N(C)C(=O)[C@@H]1C. The number of hydrogen-bond acceptors (Lipinski definition) is 10. The molecule has 1 saturated carbocycles. The summed E-state index contributed by atoms with van der Waals surface area (Å²) in [5, 5.41) is 21.0. The maximum atomic E-state index is 14.2. The first kappa shape index (κ1) is 44.3. The zero-order valence-corrected chi connectivity index (χ0v) is 31.8. The molecule has 2 fully saturated rings. The smallest absolute Gasteiger partial charge is 0.246 e. The van der Waals surface area contributed by atoms with Crippen molar-refractivity contribution >= 4 is 29.5 Å². The molecule has 0 aromatic rings. The molecule has 1 heterocycles. The van der Waals surface area contributed by atoms with E-state index in [0.717, 1.165) is 44.9 Å². The van der Waals surface area contributed by atoms with E-state index in [-0.39, 0.29) is 44.0 Å². The Morgan fingerprint density at radius 3 is 2.14 bits per heavy atom. The zero-order valence-electron chi connectivity index (χ0n) is 31.8. The molecule has 1 unspecified atom stereocenters. The van der Waals surface area contributed by atoms with Gasteiger partial charge in [-0.2, -0.15) is 0 Å². The molecule has 5 amide bonds. The van der Waals surface area contributed by atoms with Gasteiger partial charge in [-0.25, -0.2) is 0 Å². The number of aliphatic hydroxyl groups excluding tert-OH is 1. The molecule has 2 aliphatic rings. The summed E-state index contributed by atoms with van der Waals surface area (Å²) in [5.41, 5.74) is 11.5. The first-order chi connectivity index (χ1) is 24.2. The largest absolute Gasteiger partial charge is 0.389 e. The summed E-state index contributed by atoms with van der Waals surface area (Å²) in [6, 6.07) is -4.31. The number of hydrogen-bond donors (Lipinski definition) is 7. The van der Waals surface area contributed by atoms with E-state index in [4.69, 9.17) is 20.9 Å².